The molecular formula is C20H20ClN3OS. The van der Waals surface area contributed by atoms with Crippen molar-refractivity contribution in [3.05, 3.63) is 57.9 Å². The average Bonchev–Trinajstić information content (AvgIpc) is 3.18. The number of pyridine rings is 1. The highest BCUT2D eigenvalue weighted by atomic mass is 35.5. The summed E-state index contributed by atoms with van der Waals surface area (Å²) in [6.07, 6.45) is 5.86. The number of carbonyl (C=O) groups is 1. The highest BCUT2D eigenvalue weighted by Gasteiger charge is 2.23. The maximum Gasteiger partial charge on any atom is 0.252 e. The van der Waals surface area contributed by atoms with E-state index in [2.05, 4.69) is 15.6 Å². The van der Waals surface area contributed by atoms with Gasteiger partial charge < -0.3 is 10.6 Å². The van der Waals surface area contributed by atoms with Crippen molar-refractivity contribution in [2.75, 3.05) is 5.32 Å². The second-order valence-corrected chi connectivity index (χ2v) is 7.91. The molecule has 2 aromatic heterocycles. The van der Waals surface area contributed by atoms with Crippen molar-refractivity contribution in [1.29, 1.82) is 0 Å². The zero-order chi connectivity index (χ0) is 17.9. The van der Waals surface area contributed by atoms with Crippen LogP contribution >= 0.6 is 22.9 Å². The second-order valence-electron chi connectivity index (χ2n) is 6.70. The monoisotopic (exact) mass is 385 g/mol. The third kappa shape index (κ3) is 3.84. The number of amides is 1. The van der Waals surface area contributed by atoms with Gasteiger partial charge in [-0.25, -0.2) is 0 Å². The lowest BCUT2D eigenvalue weighted by Crippen LogP contribution is -2.40. The Bertz CT molecular complexity index is 905. The molecule has 0 spiro atoms. The van der Waals surface area contributed by atoms with Gasteiger partial charge in [-0.05, 0) is 61.4 Å². The molecule has 1 aliphatic rings. The van der Waals surface area contributed by atoms with E-state index in [1.54, 1.807) is 11.3 Å². The summed E-state index contributed by atoms with van der Waals surface area (Å²) >= 11 is 7.61. The molecule has 0 atom stereocenters. The molecule has 134 valence electrons. The van der Waals surface area contributed by atoms with Crippen LogP contribution in [0.4, 0.5) is 5.69 Å². The Hall–Kier alpha value is -2.11. The number of thiophene rings is 1. The number of carbonyl (C=O) groups excluding carboxylic acids is 1. The average molecular weight is 386 g/mol. The normalized spacial score (nSPS) is 20.0. The van der Waals surface area contributed by atoms with Crippen LogP contribution in [-0.2, 0) is 0 Å². The van der Waals surface area contributed by atoms with Crippen molar-refractivity contribution < 1.29 is 4.79 Å². The molecule has 26 heavy (non-hydrogen) atoms. The van der Waals surface area contributed by atoms with E-state index in [4.69, 9.17) is 11.6 Å². The van der Waals surface area contributed by atoms with Gasteiger partial charge in [0.1, 0.15) is 0 Å². The molecule has 0 unspecified atom stereocenters. The van der Waals surface area contributed by atoms with Crippen molar-refractivity contribution >= 4 is 45.4 Å². The van der Waals surface area contributed by atoms with Crippen molar-refractivity contribution in [3.63, 3.8) is 0 Å². The van der Waals surface area contributed by atoms with Crippen LogP contribution in [0.2, 0.25) is 5.02 Å². The van der Waals surface area contributed by atoms with Gasteiger partial charge in [0.25, 0.3) is 5.91 Å². The Morgan fingerprint density at radius 1 is 1.12 bits per heavy atom. The number of halogens is 1. The third-order valence-electron chi connectivity index (χ3n) is 4.91. The van der Waals surface area contributed by atoms with E-state index in [-0.39, 0.29) is 11.9 Å². The number of hydrogen-bond acceptors (Lipinski definition) is 4. The molecule has 4 rings (SSSR count). The minimum absolute atomic E-state index is 0.0414. The largest absolute Gasteiger partial charge is 0.382 e. The molecule has 1 aliphatic carbocycles. The van der Waals surface area contributed by atoms with Crippen LogP contribution < -0.4 is 10.6 Å². The van der Waals surface area contributed by atoms with Gasteiger partial charge in [-0.15, -0.1) is 0 Å². The summed E-state index contributed by atoms with van der Waals surface area (Å²) in [5.41, 5.74) is 2.76. The first-order valence-corrected chi connectivity index (χ1v) is 10.1. The highest BCUT2D eigenvalue weighted by Crippen LogP contribution is 2.28. The van der Waals surface area contributed by atoms with Gasteiger partial charge in [-0.1, -0.05) is 11.6 Å². The molecule has 1 fully saturated rings. The number of aromatic nitrogens is 1. The fraction of sp³-hybridized carbons (Fsp3) is 0.300. The van der Waals surface area contributed by atoms with Crippen molar-refractivity contribution in [2.45, 2.75) is 37.8 Å². The first-order chi connectivity index (χ1) is 12.7. The van der Waals surface area contributed by atoms with Crippen LogP contribution in [0.15, 0.2) is 47.3 Å². The first-order valence-electron chi connectivity index (χ1n) is 8.83. The molecule has 2 heterocycles. The van der Waals surface area contributed by atoms with E-state index in [9.17, 15) is 4.79 Å². The lowest BCUT2D eigenvalue weighted by Gasteiger charge is -2.30. The number of hydrogen-bond donors (Lipinski definition) is 2. The molecule has 1 aromatic carbocycles. The molecule has 0 bridgehead atoms. The van der Waals surface area contributed by atoms with Crippen LogP contribution in [0.1, 0.15) is 36.0 Å². The summed E-state index contributed by atoms with van der Waals surface area (Å²) in [5, 5.41) is 12.4. The summed E-state index contributed by atoms with van der Waals surface area (Å²) in [6.45, 7) is 0. The number of nitrogens with one attached hydrogen (secondary N) is 2. The van der Waals surface area contributed by atoms with Crippen molar-refractivity contribution in [1.82, 2.24) is 10.3 Å². The van der Waals surface area contributed by atoms with Gasteiger partial charge in [0.15, 0.2) is 0 Å². The van der Waals surface area contributed by atoms with Crippen LogP contribution in [0, 0.1) is 0 Å². The summed E-state index contributed by atoms with van der Waals surface area (Å²) in [6, 6.07) is 10.3. The number of rotatable bonds is 4. The second kappa shape index (κ2) is 7.64. The number of benzene rings is 1. The lowest BCUT2D eigenvalue weighted by atomic mass is 9.90. The number of fused-ring (bicyclic) bond motifs is 1. The van der Waals surface area contributed by atoms with Gasteiger partial charge in [0, 0.05) is 45.3 Å². The van der Waals surface area contributed by atoms with Crippen molar-refractivity contribution in [2.24, 2.45) is 0 Å². The highest BCUT2D eigenvalue weighted by molar-refractivity contribution is 7.08. The Kier molecular flexibility index (Phi) is 5.09. The third-order valence-corrected chi connectivity index (χ3v) is 5.83. The van der Waals surface area contributed by atoms with E-state index in [0.717, 1.165) is 47.8 Å². The smallest absolute Gasteiger partial charge is 0.252 e. The van der Waals surface area contributed by atoms with E-state index >= 15 is 0 Å². The first kappa shape index (κ1) is 17.3. The summed E-state index contributed by atoms with van der Waals surface area (Å²) in [5.74, 6) is 0.0414. The van der Waals surface area contributed by atoms with Crippen LogP contribution in [0.25, 0.3) is 10.9 Å². The zero-order valence-corrected chi connectivity index (χ0v) is 15.8. The van der Waals surface area contributed by atoms with Crippen molar-refractivity contribution in [3.8, 4) is 0 Å². The van der Waals surface area contributed by atoms with E-state index < -0.39 is 0 Å². The number of anilines is 1. The zero-order valence-electron chi connectivity index (χ0n) is 14.2. The van der Waals surface area contributed by atoms with Crippen LogP contribution in [-0.4, -0.2) is 23.0 Å². The predicted octanol–water partition coefficient (Wildman–Crippen LogP) is 5.10. The fourth-order valence-electron chi connectivity index (χ4n) is 3.51. The summed E-state index contributed by atoms with van der Waals surface area (Å²) in [7, 11) is 0. The summed E-state index contributed by atoms with van der Waals surface area (Å²) < 4.78 is 0. The standard InChI is InChI=1S/C20H20ClN3OS/c21-14-1-6-17-18(7-9-22-19(17)11-14)23-15-2-4-16(5-3-15)24-20(25)13-8-10-26-12-13/h1,6-12,15-16H,2-5H2,(H,22,23)(H,24,25)/t15-,16+. The van der Waals surface area contributed by atoms with Gasteiger partial charge in [0.05, 0.1) is 5.52 Å². The minimum Gasteiger partial charge on any atom is -0.382 e. The van der Waals surface area contributed by atoms with E-state index in [1.807, 2.05) is 47.3 Å². The minimum atomic E-state index is 0.0414. The van der Waals surface area contributed by atoms with E-state index in [1.165, 1.54) is 0 Å². The van der Waals surface area contributed by atoms with Gasteiger partial charge in [-0.2, -0.15) is 11.3 Å². The molecule has 0 saturated heterocycles. The van der Waals surface area contributed by atoms with Gasteiger partial charge in [0.2, 0.25) is 0 Å². The molecular weight excluding hydrogens is 366 g/mol. The number of nitrogens with zero attached hydrogens (tertiary/aromatic N) is 1. The maximum absolute atomic E-state index is 12.2. The molecule has 2 N–H and O–H groups in total. The molecule has 4 nitrogen and oxygen atoms in total. The maximum atomic E-state index is 12.2. The van der Waals surface area contributed by atoms with Crippen LogP contribution in [0.3, 0.4) is 0 Å². The van der Waals surface area contributed by atoms with Gasteiger partial charge in [-0.3, -0.25) is 9.78 Å². The SMILES string of the molecule is O=C(N[C@H]1CC[C@@H](Nc2ccnc3cc(Cl)ccc23)CC1)c1ccsc1. The van der Waals surface area contributed by atoms with Gasteiger partial charge >= 0.3 is 0 Å². The molecule has 6 heteroatoms. The fourth-order valence-corrected chi connectivity index (χ4v) is 4.31. The molecule has 3 aromatic rings. The Balaban J connectivity index is 1.36. The Labute approximate surface area is 161 Å². The van der Waals surface area contributed by atoms with Crippen LogP contribution in [0.5, 0.6) is 0 Å². The molecule has 1 saturated carbocycles. The topological polar surface area (TPSA) is 54.0 Å². The van der Waals surface area contributed by atoms with E-state index in [0.29, 0.717) is 11.1 Å². The molecule has 0 radical (unpaired) electrons. The molecule has 1 amide bonds. The Morgan fingerprint density at radius 2 is 1.92 bits per heavy atom. The summed E-state index contributed by atoms with van der Waals surface area (Å²) in [4.78, 5) is 16.6. The lowest BCUT2D eigenvalue weighted by molar-refractivity contribution is 0.0927. The molecule has 0 aliphatic heterocycles. The quantitative estimate of drug-likeness (QED) is 0.656. The Morgan fingerprint density at radius 3 is 2.69 bits per heavy atom. The predicted molar refractivity (Wildman–Crippen MR) is 108 cm³/mol.